The fourth-order valence-electron chi connectivity index (χ4n) is 1.51. The van der Waals surface area contributed by atoms with E-state index in [4.69, 9.17) is 5.11 Å². The largest absolute Gasteiger partial charge is 0.508 e. The third-order valence-corrected chi connectivity index (χ3v) is 3.11. The Bertz CT molecular complexity index is 575. The van der Waals surface area contributed by atoms with Crippen LogP contribution in [0.2, 0.25) is 0 Å². The minimum Gasteiger partial charge on any atom is -0.508 e. The van der Waals surface area contributed by atoms with Gasteiger partial charge in [-0.25, -0.2) is 4.39 Å². The van der Waals surface area contributed by atoms with Gasteiger partial charge in [0.15, 0.2) is 0 Å². The van der Waals surface area contributed by atoms with Crippen molar-refractivity contribution in [3.05, 3.63) is 52.3 Å². The van der Waals surface area contributed by atoms with Crippen LogP contribution in [-0.4, -0.2) is 10.2 Å². The van der Waals surface area contributed by atoms with E-state index in [9.17, 15) is 9.50 Å². The quantitative estimate of drug-likeness (QED) is 0.811. The molecule has 0 saturated heterocycles. The van der Waals surface area contributed by atoms with Crippen molar-refractivity contribution >= 4 is 21.6 Å². The molecule has 0 fully saturated rings. The molecule has 3 N–H and O–H groups in total. The SMILES string of the molecule is Oc1ccc(CNc2ccc(Br)c(F)c2)c(O)c1. The van der Waals surface area contributed by atoms with E-state index in [1.165, 1.54) is 18.2 Å². The fraction of sp³-hybridized carbons (Fsp3) is 0.0769. The Morgan fingerprint density at radius 3 is 2.56 bits per heavy atom. The lowest BCUT2D eigenvalue weighted by Gasteiger charge is -2.09. The number of rotatable bonds is 3. The number of nitrogens with one attached hydrogen (secondary N) is 1. The van der Waals surface area contributed by atoms with Crippen molar-refractivity contribution in [3.63, 3.8) is 0 Å². The van der Waals surface area contributed by atoms with Gasteiger partial charge in [-0.2, -0.15) is 0 Å². The van der Waals surface area contributed by atoms with Crippen molar-refractivity contribution < 1.29 is 14.6 Å². The summed E-state index contributed by atoms with van der Waals surface area (Å²) in [4.78, 5) is 0. The monoisotopic (exact) mass is 311 g/mol. The highest BCUT2D eigenvalue weighted by Crippen LogP contribution is 2.24. The molecule has 18 heavy (non-hydrogen) atoms. The molecule has 0 heterocycles. The molecule has 0 atom stereocenters. The summed E-state index contributed by atoms with van der Waals surface area (Å²) in [6.45, 7) is 0.340. The van der Waals surface area contributed by atoms with Crippen LogP contribution >= 0.6 is 15.9 Å². The first-order valence-corrected chi connectivity index (χ1v) is 6.05. The third kappa shape index (κ3) is 2.92. The predicted molar refractivity (Wildman–Crippen MR) is 71.2 cm³/mol. The number of phenolic OH excluding ortho intramolecular Hbond substituents is 2. The van der Waals surface area contributed by atoms with E-state index in [0.717, 1.165) is 0 Å². The molecule has 2 aromatic carbocycles. The van der Waals surface area contributed by atoms with Crippen molar-refractivity contribution in [3.8, 4) is 11.5 Å². The van der Waals surface area contributed by atoms with Crippen LogP contribution in [0.15, 0.2) is 40.9 Å². The topological polar surface area (TPSA) is 52.5 Å². The average molecular weight is 312 g/mol. The standard InChI is InChI=1S/C13H11BrFNO2/c14-11-4-2-9(5-12(11)15)16-7-8-1-3-10(17)6-13(8)18/h1-6,16-18H,7H2. The minimum absolute atomic E-state index is 0.0000774. The van der Waals surface area contributed by atoms with Gasteiger partial charge in [0.1, 0.15) is 17.3 Å². The second-order valence-corrected chi connectivity index (χ2v) is 4.65. The van der Waals surface area contributed by atoms with Gasteiger partial charge in [-0.3, -0.25) is 0 Å². The molecule has 2 aromatic rings. The first kappa shape index (κ1) is 12.7. The van der Waals surface area contributed by atoms with Crippen LogP contribution in [0, 0.1) is 5.82 Å². The van der Waals surface area contributed by atoms with Crippen molar-refractivity contribution in [1.29, 1.82) is 0 Å². The number of anilines is 1. The van der Waals surface area contributed by atoms with Gasteiger partial charge >= 0.3 is 0 Å². The molecule has 5 heteroatoms. The maximum Gasteiger partial charge on any atom is 0.139 e. The van der Waals surface area contributed by atoms with E-state index >= 15 is 0 Å². The number of aromatic hydroxyl groups is 2. The van der Waals surface area contributed by atoms with Crippen LogP contribution in [-0.2, 0) is 6.54 Å². The van der Waals surface area contributed by atoms with Crippen molar-refractivity contribution in [2.45, 2.75) is 6.54 Å². The highest BCUT2D eigenvalue weighted by molar-refractivity contribution is 9.10. The molecule has 0 aromatic heterocycles. The van der Waals surface area contributed by atoms with E-state index in [1.54, 1.807) is 18.2 Å². The highest BCUT2D eigenvalue weighted by atomic mass is 79.9. The molecule has 0 spiro atoms. The van der Waals surface area contributed by atoms with Crippen LogP contribution in [0.5, 0.6) is 11.5 Å². The molecular weight excluding hydrogens is 301 g/mol. The summed E-state index contributed by atoms with van der Waals surface area (Å²) < 4.78 is 13.7. The van der Waals surface area contributed by atoms with Gasteiger partial charge in [0.05, 0.1) is 4.47 Å². The summed E-state index contributed by atoms with van der Waals surface area (Å²) >= 11 is 3.07. The van der Waals surface area contributed by atoms with Gasteiger partial charge in [-0.1, -0.05) is 0 Å². The van der Waals surface area contributed by atoms with Gasteiger partial charge in [0, 0.05) is 23.9 Å². The summed E-state index contributed by atoms with van der Waals surface area (Å²) in [5.41, 5.74) is 1.24. The predicted octanol–water partition coefficient (Wildman–Crippen LogP) is 3.61. The average Bonchev–Trinajstić information content (AvgIpc) is 2.32. The van der Waals surface area contributed by atoms with Gasteiger partial charge < -0.3 is 15.5 Å². The zero-order valence-corrected chi connectivity index (χ0v) is 10.9. The summed E-state index contributed by atoms with van der Waals surface area (Å²) in [5.74, 6) is -0.346. The number of hydrogen-bond donors (Lipinski definition) is 3. The van der Waals surface area contributed by atoms with Crippen molar-refractivity contribution in [1.82, 2.24) is 0 Å². The Labute approximate surface area is 112 Å². The molecule has 0 aliphatic rings. The number of phenols is 2. The molecular formula is C13H11BrFNO2. The van der Waals surface area contributed by atoms with Crippen LogP contribution in [0.3, 0.4) is 0 Å². The number of benzene rings is 2. The zero-order chi connectivity index (χ0) is 13.1. The molecule has 0 saturated carbocycles. The van der Waals surface area contributed by atoms with Crippen molar-refractivity contribution in [2.75, 3.05) is 5.32 Å². The molecule has 0 aliphatic heterocycles. The molecule has 0 bridgehead atoms. The molecule has 3 nitrogen and oxygen atoms in total. The molecule has 0 amide bonds. The summed E-state index contributed by atoms with van der Waals surface area (Å²) in [5, 5.41) is 21.7. The van der Waals surface area contributed by atoms with Crippen LogP contribution < -0.4 is 5.32 Å². The highest BCUT2D eigenvalue weighted by Gasteiger charge is 2.04. The lowest BCUT2D eigenvalue weighted by atomic mass is 10.2. The van der Waals surface area contributed by atoms with E-state index < -0.39 is 0 Å². The Morgan fingerprint density at radius 1 is 1.11 bits per heavy atom. The lowest BCUT2D eigenvalue weighted by molar-refractivity contribution is 0.446. The first-order chi connectivity index (χ1) is 8.56. The van der Waals surface area contributed by atoms with Crippen LogP contribution in [0.4, 0.5) is 10.1 Å². The maximum atomic E-state index is 13.3. The van der Waals surface area contributed by atoms with E-state index in [2.05, 4.69) is 21.2 Å². The molecule has 2 rings (SSSR count). The van der Waals surface area contributed by atoms with Gasteiger partial charge in [0.25, 0.3) is 0 Å². The summed E-state index contributed by atoms with van der Waals surface area (Å²) in [6, 6.07) is 9.05. The second-order valence-electron chi connectivity index (χ2n) is 3.80. The van der Waals surface area contributed by atoms with Gasteiger partial charge in [-0.05, 0) is 46.3 Å². The fourth-order valence-corrected chi connectivity index (χ4v) is 1.75. The molecule has 0 unspecified atom stereocenters. The van der Waals surface area contributed by atoms with Gasteiger partial charge in [-0.15, -0.1) is 0 Å². The minimum atomic E-state index is -0.352. The van der Waals surface area contributed by atoms with Crippen LogP contribution in [0.1, 0.15) is 5.56 Å². The van der Waals surface area contributed by atoms with E-state index in [0.29, 0.717) is 22.3 Å². The lowest BCUT2D eigenvalue weighted by Crippen LogP contribution is -2.00. The zero-order valence-electron chi connectivity index (χ0n) is 9.32. The third-order valence-electron chi connectivity index (χ3n) is 2.47. The Morgan fingerprint density at radius 2 is 1.89 bits per heavy atom. The normalized spacial score (nSPS) is 10.3. The molecule has 0 aliphatic carbocycles. The first-order valence-electron chi connectivity index (χ1n) is 5.26. The smallest absolute Gasteiger partial charge is 0.139 e. The molecule has 94 valence electrons. The van der Waals surface area contributed by atoms with E-state index in [1.807, 2.05) is 0 Å². The second kappa shape index (κ2) is 5.27. The Balaban J connectivity index is 2.09. The number of halogens is 2. The number of hydrogen-bond acceptors (Lipinski definition) is 3. The Hall–Kier alpha value is -1.75. The van der Waals surface area contributed by atoms with Gasteiger partial charge in [0.2, 0.25) is 0 Å². The Kier molecular flexibility index (Phi) is 3.72. The van der Waals surface area contributed by atoms with Crippen LogP contribution in [0.25, 0.3) is 0 Å². The van der Waals surface area contributed by atoms with E-state index in [-0.39, 0.29) is 17.3 Å². The molecule has 0 radical (unpaired) electrons. The van der Waals surface area contributed by atoms with Crippen molar-refractivity contribution in [2.24, 2.45) is 0 Å². The summed E-state index contributed by atoms with van der Waals surface area (Å²) in [6.07, 6.45) is 0. The maximum absolute atomic E-state index is 13.3. The summed E-state index contributed by atoms with van der Waals surface area (Å²) in [7, 11) is 0.